The van der Waals surface area contributed by atoms with Gasteiger partial charge in [-0.15, -0.1) is 0 Å². The van der Waals surface area contributed by atoms with E-state index < -0.39 is 0 Å². The predicted molar refractivity (Wildman–Crippen MR) is 83.4 cm³/mol. The standard InChI is InChI=1S/C16H21N3O/c1-11(2)10-20-14-6-4-13(5-7-14)19-16-15(17)12(3)8-9-18-16/h4-9,11H,10,17H2,1-3H3,(H,18,19). The Balaban J connectivity index is 2.05. The van der Waals surface area contributed by atoms with Gasteiger partial charge < -0.3 is 15.8 Å². The highest BCUT2D eigenvalue weighted by atomic mass is 16.5. The molecular weight excluding hydrogens is 250 g/mol. The molecule has 0 amide bonds. The number of hydrogen-bond acceptors (Lipinski definition) is 4. The van der Waals surface area contributed by atoms with E-state index in [1.165, 1.54) is 0 Å². The second-order valence-corrected chi connectivity index (χ2v) is 5.24. The van der Waals surface area contributed by atoms with Crippen LogP contribution in [0.25, 0.3) is 0 Å². The second kappa shape index (κ2) is 6.28. The average Bonchev–Trinajstić information content (AvgIpc) is 2.43. The van der Waals surface area contributed by atoms with E-state index in [9.17, 15) is 0 Å². The molecule has 0 atom stereocenters. The topological polar surface area (TPSA) is 60.2 Å². The third-order valence-corrected chi connectivity index (χ3v) is 2.91. The lowest BCUT2D eigenvalue weighted by atomic mass is 10.2. The number of ether oxygens (including phenoxy) is 1. The molecule has 0 bridgehead atoms. The number of nitrogens with zero attached hydrogens (tertiary/aromatic N) is 1. The van der Waals surface area contributed by atoms with Crippen molar-refractivity contribution in [1.29, 1.82) is 0 Å². The lowest BCUT2D eigenvalue weighted by Crippen LogP contribution is -2.04. The first-order valence-electron chi connectivity index (χ1n) is 6.77. The van der Waals surface area contributed by atoms with Crippen molar-refractivity contribution in [3.05, 3.63) is 42.1 Å². The van der Waals surface area contributed by atoms with Crippen LogP contribution in [0.15, 0.2) is 36.5 Å². The Bertz CT molecular complexity index is 564. The average molecular weight is 271 g/mol. The van der Waals surface area contributed by atoms with Gasteiger partial charge in [-0.3, -0.25) is 0 Å². The largest absolute Gasteiger partial charge is 0.493 e. The molecule has 4 heteroatoms. The van der Waals surface area contributed by atoms with E-state index in [2.05, 4.69) is 24.1 Å². The number of aryl methyl sites for hydroxylation is 1. The van der Waals surface area contributed by atoms with Gasteiger partial charge >= 0.3 is 0 Å². The lowest BCUT2D eigenvalue weighted by Gasteiger charge is -2.11. The number of hydrogen-bond donors (Lipinski definition) is 2. The van der Waals surface area contributed by atoms with Crippen molar-refractivity contribution in [3.63, 3.8) is 0 Å². The maximum absolute atomic E-state index is 5.99. The minimum absolute atomic E-state index is 0.518. The summed E-state index contributed by atoms with van der Waals surface area (Å²) in [6.45, 7) is 6.94. The summed E-state index contributed by atoms with van der Waals surface area (Å²) in [6, 6.07) is 9.69. The zero-order chi connectivity index (χ0) is 14.5. The van der Waals surface area contributed by atoms with Gasteiger partial charge in [0.05, 0.1) is 12.3 Å². The summed E-state index contributed by atoms with van der Waals surface area (Å²) >= 11 is 0. The fraction of sp³-hybridized carbons (Fsp3) is 0.312. The molecule has 1 aromatic carbocycles. The molecule has 0 saturated carbocycles. The molecule has 20 heavy (non-hydrogen) atoms. The first-order valence-corrected chi connectivity index (χ1v) is 6.77. The molecule has 0 spiro atoms. The van der Waals surface area contributed by atoms with Crippen LogP contribution in [0.2, 0.25) is 0 Å². The Morgan fingerprint density at radius 3 is 2.55 bits per heavy atom. The molecule has 0 aliphatic heterocycles. The summed E-state index contributed by atoms with van der Waals surface area (Å²) in [5, 5.41) is 3.21. The van der Waals surface area contributed by atoms with Crippen LogP contribution in [0.1, 0.15) is 19.4 Å². The first kappa shape index (κ1) is 14.2. The Morgan fingerprint density at radius 1 is 1.20 bits per heavy atom. The third-order valence-electron chi connectivity index (χ3n) is 2.91. The van der Waals surface area contributed by atoms with E-state index in [1.54, 1.807) is 6.20 Å². The van der Waals surface area contributed by atoms with Gasteiger partial charge in [0, 0.05) is 11.9 Å². The molecule has 1 aromatic heterocycles. The van der Waals surface area contributed by atoms with E-state index >= 15 is 0 Å². The SMILES string of the molecule is Cc1ccnc(Nc2ccc(OCC(C)C)cc2)c1N. The Kier molecular flexibility index (Phi) is 4.45. The highest BCUT2D eigenvalue weighted by Crippen LogP contribution is 2.24. The molecule has 0 radical (unpaired) electrons. The summed E-state index contributed by atoms with van der Waals surface area (Å²) in [6.07, 6.45) is 1.74. The van der Waals surface area contributed by atoms with Crippen molar-refractivity contribution in [2.24, 2.45) is 5.92 Å². The summed E-state index contributed by atoms with van der Waals surface area (Å²) < 4.78 is 5.65. The third kappa shape index (κ3) is 3.63. The number of anilines is 3. The lowest BCUT2D eigenvalue weighted by molar-refractivity contribution is 0.271. The second-order valence-electron chi connectivity index (χ2n) is 5.24. The van der Waals surface area contributed by atoms with Gasteiger partial charge in [-0.05, 0) is 48.7 Å². The molecular formula is C16H21N3O. The van der Waals surface area contributed by atoms with E-state index in [0.29, 0.717) is 17.4 Å². The minimum Gasteiger partial charge on any atom is -0.493 e. The van der Waals surface area contributed by atoms with Crippen LogP contribution >= 0.6 is 0 Å². The number of aromatic nitrogens is 1. The molecule has 0 unspecified atom stereocenters. The normalized spacial score (nSPS) is 10.6. The molecule has 4 nitrogen and oxygen atoms in total. The Hall–Kier alpha value is -2.23. The molecule has 0 aliphatic carbocycles. The number of pyridine rings is 1. The van der Waals surface area contributed by atoms with Crippen LogP contribution < -0.4 is 15.8 Å². The van der Waals surface area contributed by atoms with Gasteiger partial charge in [-0.25, -0.2) is 4.98 Å². The fourth-order valence-corrected chi connectivity index (χ4v) is 1.70. The van der Waals surface area contributed by atoms with E-state index in [0.717, 1.165) is 23.6 Å². The van der Waals surface area contributed by atoms with Crippen molar-refractivity contribution >= 4 is 17.2 Å². The summed E-state index contributed by atoms with van der Waals surface area (Å²) in [5.41, 5.74) is 8.62. The van der Waals surface area contributed by atoms with Crippen molar-refractivity contribution in [2.45, 2.75) is 20.8 Å². The first-order chi connectivity index (χ1) is 9.56. The van der Waals surface area contributed by atoms with Crippen LogP contribution in [-0.4, -0.2) is 11.6 Å². The fourth-order valence-electron chi connectivity index (χ4n) is 1.70. The van der Waals surface area contributed by atoms with Crippen LogP contribution in [0.5, 0.6) is 5.75 Å². The van der Waals surface area contributed by atoms with Crippen molar-refractivity contribution in [3.8, 4) is 5.75 Å². The van der Waals surface area contributed by atoms with Crippen LogP contribution in [-0.2, 0) is 0 Å². The zero-order valence-corrected chi connectivity index (χ0v) is 12.2. The van der Waals surface area contributed by atoms with E-state index in [-0.39, 0.29) is 0 Å². The highest BCUT2D eigenvalue weighted by molar-refractivity contribution is 5.71. The smallest absolute Gasteiger partial charge is 0.153 e. The number of nitrogens with two attached hydrogens (primary N) is 1. The highest BCUT2D eigenvalue weighted by Gasteiger charge is 2.04. The minimum atomic E-state index is 0.518. The van der Waals surface area contributed by atoms with Crippen molar-refractivity contribution in [1.82, 2.24) is 4.98 Å². The Morgan fingerprint density at radius 2 is 1.90 bits per heavy atom. The number of rotatable bonds is 5. The molecule has 3 N–H and O–H groups in total. The van der Waals surface area contributed by atoms with Gasteiger partial charge in [-0.2, -0.15) is 0 Å². The maximum atomic E-state index is 5.99. The van der Waals surface area contributed by atoms with Crippen LogP contribution in [0.4, 0.5) is 17.2 Å². The van der Waals surface area contributed by atoms with Gasteiger partial charge in [0.2, 0.25) is 0 Å². The maximum Gasteiger partial charge on any atom is 0.153 e. The monoisotopic (exact) mass is 271 g/mol. The van der Waals surface area contributed by atoms with E-state index in [4.69, 9.17) is 10.5 Å². The molecule has 2 rings (SSSR count). The van der Waals surface area contributed by atoms with Crippen LogP contribution in [0.3, 0.4) is 0 Å². The van der Waals surface area contributed by atoms with E-state index in [1.807, 2.05) is 37.3 Å². The zero-order valence-electron chi connectivity index (χ0n) is 12.2. The predicted octanol–water partition coefficient (Wildman–Crippen LogP) is 3.75. The summed E-state index contributed by atoms with van der Waals surface area (Å²) in [7, 11) is 0. The van der Waals surface area contributed by atoms with Crippen LogP contribution in [0, 0.1) is 12.8 Å². The van der Waals surface area contributed by atoms with Gasteiger partial charge in [-0.1, -0.05) is 13.8 Å². The van der Waals surface area contributed by atoms with Crippen molar-refractivity contribution < 1.29 is 4.74 Å². The molecule has 2 aromatic rings. The summed E-state index contributed by atoms with van der Waals surface area (Å²) in [4.78, 5) is 4.25. The molecule has 0 fully saturated rings. The van der Waals surface area contributed by atoms with Gasteiger partial charge in [0.25, 0.3) is 0 Å². The quantitative estimate of drug-likeness (QED) is 0.869. The Labute approximate surface area is 120 Å². The van der Waals surface area contributed by atoms with Gasteiger partial charge in [0.1, 0.15) is 5.75 Å². The molecule has 0 aliphatic rings. The molecule has 106 valence electrons. The van der Waals surface area contributed by atoms with Gasteiger partial charge in [0.15, 0.2) is 5.82 Å². The van der Waals surface area contributed by atoms with Crippen molar-refractivity contribution in [2.75, 3.05) is 17.7 Å². The number of benzene rings is 1. The summed E-state index contributed by atoms with van der Waals surface area (Å²) in [5.74, 6) is 2.07. The molecule has 0 saturated heterocycles. The number of nitrogens with one attached hydrogen (secondary N) is 1. The number of nitrogen functional groups attached to an aromatic ring is 1. The molecule has 1 heterocycles.